The first kappa shape index (κ1) is 35.9. The van der Waals surface area contributed by atoms with E-state index >= 15 is 0 Å². The summed E-state index contributed by atoms with van der Waals surface area (Å²) in [6.45, 7) is 17.2. The Balaban J connectivity index is 0.000000222. The second-order valence-electron chi connectivity index (χ2n) is 14.4. The largest absolute Gasteiger partial charge is 0.506 e. The topological polar surface area (TPSA) is 51.8 Å². The summed E-state index contributed by atoms with van der Waals surface area (Å²) in [5.74, 6) is 0. The molecule has 257 valence electrons. The molecule has 0 saturated heterocycles. The number of hydrogen-bond donors (Lipinski definition) is 0. The summed E-state index contributed by atoms with van der Waals surface area (Å²) < 4.78 is 5.69. The van der Waals surface area contributed by atoms with Crippen LogP contribution in [0, 0.1) is 46.8 Å². The molecule has 0 N–H and O–H groups in total. The second kappa shape index (κ2) is 14.3. The smallest absolute Gasteiger partial charge is 0.0847 e. The van der Waals surface area contributed by atoms with E-state index < -0.39 is 0 Å². The van der Waals surface area contributed by atoms with Crippen molar-refractivity contribution in [1.82, 2.24) is 15.0 Å². The van der Waals surface area contributed by atoms with E-state index in [0.29, 0.717) is 0 Å². The van der Waals surface area contributed by atoms with Crippen LogP contribution in [0.4, 0.5) is 0 Å². The van der Waals surface area contributed by atoms with Gasteiger partial charge in [-0.15, -0.1) is 41.0 Å². The third-order valence-corrected chi connectivity index (χ3v) is 9.59. The van der Waals surface area contributed by atoms with E-state index in [1.54, 1.807) is 6.26 Å². The third-order valence-electron chi connectivity index (χ3n) is 9.59. The molecule has 0 aliphatic rings. The Morgan fingerprint density at radius 2 is 1.45 bits per heavy atom. The van der Waals surface area contributed by atoms with Crippen molar-refractivity contribution in [3.05, 3.63) is 149 Å². The Morgan fingerprint density at radius 1 is 0.667 bits per heavy atom. The van der Waals surface area contributed by atoms with E-state index in [4.69, 9.17) is 9.40 Å². The van der Waals surface area contributed by atoms with Crippen LogP contribution in [-0.4, -0.2) is 15.0 Å². The minimum Gasteiger partial charge on any atom is -0.506 e. The van der Waals surface area contributed by atoms with Gasteiger partial charge in [-0.2, -0.15) is 0 Å². The number of rotatable bonds is 3. The van der Waals surface area contributed by atoms with Crippen molar-refractivity contribution in [2.24, 2.45) is 0 Å². The zero-order valence-electron chi connectivity index (χ0n) is 30.4. The van der Waals surface area contributed by atoms with Gasteiger partial charge >= 0.3 is 0 Å². The average Bonchev–Trinajstić information content (AvgIpc) is 3.59. The van der Waals surface area contributed by atoms with Crippen molar-refractivity contribution in [2.45, 2.75) is 60.8 Å². The number of pyridine rings is 3. The van der Waals surface area contributed by atoms with Crippen molar-refractivity contribution in [3.8, 4) is 33.6 Å². The molecule has 4 nitrogen and oxygen atoms in total. The predicted molar refractivity (Wildman–Crippen MR) is 207 cm³/mol. The molecule has 4 aromatic carbocycles. The number of nitrogens with zero attached hydrogens (tertiary/aromatic N) is 3. The van der Waals surface area contributed by atoms with Gasteiger partial charge in [0.05, 0.1) is 5.58 Å². The molecule has 4 heterocycles. The third kappa shape index (κ3) is 7.28. The summed E-state index contributed by atoms with van der Waals surface area (Å²) in [6, 6.07) is 34.6. The van der Waals surface area contributed by atoms with Crippen LogP contribution < -0.4 is 0 Å². The van der Waals surface area contributed by atoms with Crippen molar-refractivity contribution >= 4 is 32.6 Å². The minimum atomic E-state index is 0. The van der Waals surface area contributed by atoms with Gasteiger partial charge in [0.2, 0.25) is 0 Å². The number of fused-ring (bicyclic) bond motifs is 4. The fourth-order valence-corrected chi connectivity index (χ4v) is 6.23. The molecule has 0 amide bonds. The van der Waals surface area contributed by atoms with Crippen LogP contribution in [0.3, 0.4) is 0 Å². The molecule has 51 heavy (non-hydrogen) atoms. The normalized spacial score (nSPS) is 11.4. The molecule has 8 aromatic rings. The standard InChI is InChI=1S/C31H25N2O.C15H16N.Ir/c1-19-14-27-26(16-21-12-13-34-30(21)29(27)33-17-19)28-11-8-22(18-32-28)24-7-5-6-20-15-23(31(2,3)4)9-10-25(20)24;1-10-5-6-14(7-11(10)2)15-8-12(3)13(4)9-16-15;/h5-15,17-18H,1-4H3;5,7-9H,1-4H3;/q2*-1;. The Kier molecular flexibility index (Phi) is 10.1. The molecule has 0 spiro atoms. The minimum absolute atomic E-state index is 0. The van der Waals surface area contributed by atoms with E-state index in [1.807, 2.05) is 37.6 Å². The predicted octanol–water partition coefficient (Wildman–Crippen LogP) is 12.0. The van der Waals surface area contributed by atoms with Gasteiger partial charge in [0.15, 0.2) is 0 Å². The molecule has 0 bridgehead atoms. The summed E-state index contributed by atoms with van der Waals surface area (Å²) >= 11 is 0. The second-order valence-corrected chi connectivity index (χ2v) is 14.4. The number of hydrogen-bond acceptors (Lipinski definition) is 4. The first-order valence-corrected chi connectivity index (χ1v) is 17.1. The fraction of sp³-hybridized carbons (Fsp3) is 0.196. The Morgan fingerprint density at radius 3 is 2.18 bits per heavy atom. The van der Waals surface area contributed by atoms with Crippen LogP contribution in [0.1, 0.15) is 54.2 Å². The van der Waals surface area contributed by atoms with Crippen molar-refractivity contribution in [1.29, 1.82) is 0 Å². The molecule has 8 rings (SSSR count). The van der Waals surface area contributed by atoms with Crippen LogP contribution in [0.2, 0.25) is 0 Å². The Bertz CT molecular complexity index is 2470. The number of aryl methyl sites for hydroxylation is 5. The molecule has 0 aliphatic carbocycles. The summed E-state index contributed by atoms with van der Waals surface area (Å²) in [7, 11) is 0. The number of benzene rings is 4. The Hall–Kier alpha value is -4.96. The average molecular weight is 844 g/mol. The molecule has 0 saturated carbocycles. The molecule has 5 heteroatoms. The zero-order chi connectivity index (χ0) is 35.2. The zero-order valence-corrected chi connectivity index (χ0v) is 32.8. The molecule has 0 fully saturated rings. The van der Waals surface area contributed by atoms with E-state index in [9.17, 15) is 0 Å². The van der Waals surface area contributed by atoms with Crippen LogP contribution in [0.5, 0.6) is 0 Å². The van der Waals surface area contributed by atoms with Crippen molar-refractivity contribution in [3.63, 3.8) is 0 Å². The summed E-state index contributed by atoms with van der Waals surface area (Å²) in [6.07, 6.45) is 7.45. The SMILES string of the molecule is Cc1c[c-]c(-c2cc(C)c(C)cn2)cc1C.Cc1cnc2c(c1)c(-c1ccc(-c3cccc4cc(C(C)(C)C)ccc34)cn1)[c-]c1ccoc12.[Ir]. The quantitative estimate of drug-likeness (QED) is 0.166. The van der Waals surface area contributed by atoms with Crippen LogP contribution in [-0.2, 0) is 25.5 Å². The summed E-state index contributed by atoms with van der Waals surface area (Å²) in [4.78, 5) is 14.0. The van der Waals surface area contributed by atoms with Crippen LogP contribution in [0.25, 0.3) is 66.3 Å². The van der Waals surface area contributed by atoms with Crippen LogP contribution in [0.15, 0.2) is 108 Å². The van der Waals surface area contributed by atoms with E-state index in [-0.39, 0.29) is 25.5 Å². The van der Waals surface area contributed by atoms with E-state index in [2.05, 4.69) is 137 Å². The van der Waals surface area contributed by atoms with Crippen molar-refractivity contribution in [2.75, 3.05) is 0 Å². The van der Waals surface area contributed by atoms with Gasteiger partial charge in [-0.1, -0.05) is 123 Å². The number of furan rings is 1. The first-order chi connectivity index (χ1) is 24.0. The van der Waals surface area contributed by atoms with E-state index in [1.165, 1.54) is 44.2 Å². The maximum absolute atomic E-state index is 5.69. The molecule has 0 aliphatic heterocycles. The van der Waals surface area contributed by atoms with E-state index in [0.717, 1.165) is 55.5 Å². The molecular formula is C46H41IrN3O-2. The van der Waals surface area contributed by atoms with Gasteiger partial charge in [0.25, 0.3) is 0 Å². The van der Waals surface area contributed by atoms with Crippen molar-refractivity contribution < 1.29 is 24.5 Å². The molecule has 0 atom stereocenters. The maximum Gasteiger partial charge on any atom is 0.0847 e. The number of aromatic nitrogens is 3. The summed E-state index contributed by atoms with van der Waals surface area (Å²) in [5.41, 5.74) is 15.4. The maximum atomic E-state index is 5.69. The van der Waals surface area contributed by atoms with Gasteiger partial charge in [-0.25, -0.2) is 0 Å². The Labute approximate surface area is 314 Å². The monoisotopic (exact) mass is 844 g/mol. The van der Waals surface area contributed by atoms with Gasteiger partial charge in [-0.05, 0) is 70.5 Å². The molecule has 0 unspecified atom stereocenters. The fourth-order valence-electron chi connectivity index (χ4n) is 6.23. The summed E-state index contributed by atoms with van der Waals surface area (Å²) in [5, 5.41) is 4.40. The first-order valence-electron chi connectivity index (χ1n) is 17.1. The molecule has 4 aromatic heterocycles. The van der Waals surface area contributed by atoms with Gasteiger partial charge in [0, 0.05) is 56.2 Å². The molecule has 1 radical (unpaired) electrons. The van der Waals surface area contributed by atoms with Gasteiger partial charge in [-0.3, -0.25) is 9.97 Å². The molecular weight excluding hydrogens is 803 g/mol. The van der Waals surface area contributed by atoms with Crippen LogP contribution >= 0.6 is 0 Å². The van der Waals surface area contributed by atoms with Gasteiger partial charge in [0.1, 0.15) is 0 Å². The van der Waals surface area contributed by atoms with Gasteiger partial charge < -0.3 is 9.40 Å².